The third-order valence-corrected chi connectivity index (χ3v) is 5.23. The lowest BCUT2D eigenvalue weighted by Crippen LogP contribution is -2.28. The second kappa shape index (κ2) is 6.50. The molecule has 0 saturated carbocycles. The van der Waals surface area contributed by atoms with Crippen molar-refractivity contribution in [3.05, 3.63) is 77.7 Å². The molecule has 27 heavy (non-hydrogen) atoms. The largest absolute Gasteiger partial charge is 0.367 e. The molecule has 3 heterocycles. The number of anilines is 1. The molecule has 134 valence electrons. The minimum atomic E-state index is 0.387. The highest BCUT2D eigenvalue weighted by molar-refractivity contribution is 5.66. The molecular weight excluding hydrogens is 334 g/mol. The van der Waals surface area contributed by atoms with Gasteiger partial charge >= 0.3 is 0 Å². The Morgan fingerprint density at radius 3 is 2.85 bits per heavy atom. The van der Waals surface area contributed by atoms with E-state index in [0.717, 1.165) is 47.5 Å². The molecule has 5 rings (SSSR count). The molecule has 1 aliphatic carbocycles. The summed E-state index contributed by atoms with van der Waals surface area (Å²) < 4.78 is 1.88. The normalized spacial score (nSPS) is 16.3. The Kier molecular flexibility index (Phi) is 3.85. The third kappa shape index (κ3) is 3.05. The van der Waals surface area contributed by atoms with Gasteiger partial charge in [0.15, 0.2) is 5.65 Å². The maximum atomic E-state index is 4.76. The van der Waals surface area contributed by atoms with E-state index in [1.54, 1.807) is 6.20 Å². The zero-order valence-electron chi connectivity index (χ0n) is 15.3. The van der Waals surface area contributed by atoms with E-state index in [0.29, 0.717) is 6.04 Å². The summed E-state index contributed by atoms with van der Waals surface area (Å²) in [5, 5.41) is 8.17. The Bertz CT molecular complexity index is 1110. The predicted octanol–water partition coefficient (Wildman–Crippen LogP) is 4.07. The van der Waals surface area contributed by atoms with Gasteiger partial charge in [0, 0.05) is 36.1 Å². The number of pyridine rings is 1. The number of aromatic nitrogens is 4. The molecule has 0 amide bonds. The fourth-order valence-corrected chi connectivity index (χ4v) is 3.89. The second-order valence-corrected chi connectivity index (χ2v) is 7.23. The minimum absolute atomic E-state index is 0.387. The number of aryl methyl sites for hydroxylation is 2. The Labute approximate surface area is 158 Å². The van der Waals surface area contributed by atoms with Crippen LogP contribution in [0.2, 0.25) is 0 Å². The molecule has 5 nitrogen and oxygen atoms in total. The lowest BCUT2D eigenvalue weighted by Gasteiger charge is -2.26. The van der Waals surface area contributed by atoms with E-state index in [1.807, 2.05) is 29.9 Å². The van der Waals surface area contributed by atoms with Crippen LogP contribution in [-0.2, 0) is 12.8 Å². The van der Waals surface area contributed by atoms with Gasteiger partial charge < -0.3 is 5.32 Å². The Balaban J connectivity index is 1.50. The predicted molar refractivity (Wildman–Crippen MR) is 107 cm³/mol. The van der Waals surface area contributed by atoms with Crippen molar-refractivity contribution in [1.29, 1.82) is 0 Å². The van der Waals surface area contributed by atoms with Gasteiger partial charge in [-0.25, -0.2) is 4.98 Å². The number of nitrogens with zero attached hydrogens (tertiary/aromatic N) is 4. The van der Waals surface area contributed by atoms with Gasteiger partial charge in [0.1, 0.15) is 5.82 Å². The van der Waals surface area contributed by atoms with E-state index < -0.39 is 0 Å². The smallest absolute Gasteiger partial charge is 0.157 e. The first-order valence-corrected chi connectivity index (χ1v) is 9.36. The average Bonchev–Trinajstić information content (AvgIpc) is 3.17. The van der Waals surface area contributed by atoms with Crippen molar-refractivity contribution >= 4 is 11.5 Å². The van der Waals surface area contributed by atoms with Crippen LogP contribution in [0.15, 0.2) is 61.1 Å². The molecule has 5 heteroatoms. The van der Waals surface area contributed by atoms with Crippen LogP contribution < -0.4 is 5.32 Å². The van der Waals surface area contributed by atoms with Crippen molar-refractivity contribution in [1.82, 2.24) is 19.6 Å². The number of hydrogen-bond acceptors (Lipinski definition) is 4. The molecule has 1 unspecified atom stereocenters. The summed E-state index contributed by atoms with van der Waals surface area (Å²) in [5.41, 5.74) is 6.82. The van der Waals surface area contributed by atoms with Crippen molar-refractivity contribution in [2.45, 2.75) is 32.2 Å². The van der Waals surface area contributed by atoms with Gasteiger partial charge in [-0.05, 0) is 48.9 Å². The van der Waals surface area contributed by atoms with Gasteiger partial charge in [0.05, 0.1) is 11.9 Å². The minimum Gasteiger partial charge on any atom is -0.367 e. The maximum absolute atomic E-state index is 4.76. The molecule has 0 bridgehead atoms. The number of hydrogen-bond donors (Lipinski definition) is 1. The molecule has 0 saturated heterocycles. The maximum Gasteiger partial charge on any atom is 0.157 e. The Hall–Kier alpha value is -3.21. The zero-order valence-corrected chi connectivity index (χ0v) is 15.3. The molecule has 0 aliphatic heterocycles. The van der Waals surface area contributed by atoms with Crippen LogP contribution in [0.4, 0.5) is 5.82 Å². The molecule has 1 aliphatic rings. The lowest BCUT2D eigenvalue weighted by atomic mass is 9.88. The van der Waals surface area contributed by atoms with Crippen molar-refractivity contribution in [2.75, 3.05) is 5.32 Å². The zero-order chi connectivity index (χ0) is 18.2. The van der Waals surface area contributed by atoms with Crippen LogP contribution in [-0.4, -0.2) is 25.6 Å². The first-order valence-electron chi connectivity index (χ1n) is 9.36. The number of nitrogens with one attached hydrogen (secondary N) is 1. The topological polar surface area (TPSA) is 55.1 Å². The first-order chi connectivity index (χ1) is 13.3. The standard InChI is InChI=1S/C22H21N5/c1-15-10-18(14-23-13-15)20-12-22(27-21(26-20)8-9-24-27)25-19-7-6-16-4-2-3-5-17(16)11-19/h2-5,8-10,12-14,19,25H,6-7,11H2,1H3. The third-order valence-electron chi connectivity index (χ3n) is 5.23. The van der Waals surface area contributed by atoms with Gasteiger partial charge in [-0.1, -0.05) is 24.3 Å². The quantitative estimate of drug-likeness (QED) is 0.602. The highest BCUT2D eigenvalue weighted by atomic mass is 15.3. The second-order valence-electron chi connectivity index (χ2n) is 7.23. The molecule has 1 atom stereocenters. The molecular formula is C22H21N5. The highest BCUT2D eigenvalue weighted by Crippen LogP contribution is 2.26. The van der Waals surface area contributed by atoms with Crippen LogP contribution in [0.25, 0.3) is 16.9 Å². The monoisotopic (exact) mass is 355 g/mol. The highest BCUT2D eigenvalue weighted by Gasteiger charge is 2.19. The molecule has 3 aromatic heterocycles. The summed E-state index contributed by atoms with van der Waals surface area (Å²) in [4.78, 5) is 9.07. The van der Waals surface area contributed by atoms with E-state index >= 15 is 0 Å². The fourth-order valence-electron chi connectivity index (χ4n) is 3.89. The average molecular weight is 355 g/mol. The molecule has 0 fully saturated rings. The van der Waals surface area contributed by atoms with Crippen LogP contribution in [0.5, 0.6) is 0 Å². The summed E-state index contributed by atoms with van der Waals surface area (Å²) in [6.45, 7) is 2.05. The van der Waals surface area contributed by atoms with Gasteiger partial charge in [-0.3, -0.25) is 4.98 Å². The molecule has 0 spiro atoms. The SMILES string of the molecule is Cc1cncc(-c2cc(NC3CCc4ccccc4C3)n3nccc3n2)c1. The summed E-state index contributed by atoms with van der Waals surface area (Å²) >= 11 is 0. The van der Waals surface area contributed by atoms with Crippen LogP contribution in [0.1, 0.15) is 23.1 Å². The van der Waals surface area contributed by atoms with Crippen molar-refractivity contribution in [2.24, 2.45) is 0 Å². The van der Waals surface area contributed by atoms with Gasteiger partial charge in [-0.15, -0.1) is 0 Å². The van der Waals surface area contributed by atoms with Crippen LogP contribution >= 0.6 is 0 Å². The van der Waals surface area contributed by atoms with Crippen LogP contribution in [0, 0.1) is 6.92 Å². The molecule has 4 aromatic rings. The summed E-state index contributed by atoms with van der Waals surface area (Å²) in [5.74, 6) is 0.978. The van der Waals surface area contributed by atoms with Gasteiger partial charge in [0.25, 0.3) is 0 Å². The summed E-state index contributed by atoms with van der Waals surface area (Å²) in [7, 11) is 0. The summed E-state index contributed by atoms with van der Waals surface area (Å²) in [6.07, 6.45) is 8.77. The van der Waals surface area contributed by atoms with Crippen LogP contribution in [0.3, 0.4) is 0 Å². The van der Waals surface area contributed by atoms with E-state index in [4.69, 9.17) is 4.98 Å². The van der Waals surface area contributed by atoms with Gasteiger partial charge in [0.2, 0.25) is 0 Å². The van der Waals surface area contributed by atoms with Crippen molar-refractivity contribution in [3.63, 3.8) is 0 Å². The molecule has 1 N–H and O–H groups in total. The molecule has 0 radical (unpaired) electrons. The molecule has 1 aromatic carbocycles. The van der Waals surface area contributed by atoms with E-state index in [1.165, 1.54) is 11.1 Å². The van der Waals surface area contributed by atoms with Crippen molar-refractivity contribution in [3.8, 4) is 11.3 Å². The lowest BCUT2D eigenvalue weighted by molar-refractivity contribution is 0.606. The summed E-state index contributed by atoms with van der Waals surface area (Å²) in [6, 6.07) is 15.3. The van der Waals surface area contributed by atoms with E-state index in [2.05, 4.69) is 51.8 Å². The van der Waals surface area contributed by atoms with Gasteiger partial charge in [-0.2, -0.15) is 9.61 Å². The number of rotatable bonds is 3. The Morgan fingerprint density at radius 2 is 1.96 bits per heavy atom. The fraction of sp³-hybridized carbons (Fsp3) is 0.227. The van der Waals surface area contributed by atoms with E-state index in [-0.39, 0.29) is 0 Å². The number of benzene rings is 1. The number of fused-ring (bicyclic) bond motifs is 2. The first kappa shape index (κ1) is 16.0. The van der Waals surface area contributed by atoms with E-state index in [9.17, 15) is 0 Å². The Morgan fingerprint density at radius 1 is 1.07 bits per heavy atom. The van der Waals surface area contributed by atoms with Crippen molar-refractivity contribution < 1.29 is 0 Å².